The number of piperidine rings is 1. The van der Waals surface area contributed by atoms with Crippen LogP contribution in [0.5, 0.6) is 5.75 Å². The van der Waals surface area contributed by atoms with Gasteiger partial charge in [-0.3, -0.25) is 4.90 Å². The second-order valence-electron chi connectivity index (χ2n) is 4.79. The zero-order valence-corrected chi connectivity index (χ0v) is 11.0. The molecule has 0 N–H and O–H groups in total. The maximum Gasteiger partial charge on any atom is 0.123 e. The fourth-order valence-corrected chi connectivity index (χ4v) is 2.42. The molecule has 3 heteroatoms. The van der Waals surface area contributed by atoms with Crippen LogP contribution >= 0.6 is 0 Å². The van der Waals surface area contributed by atoms with Gasteiger partial charge in [0.05, 0.1) is 6.61 Å². The van der Waals surface area contributed by atoms with Gasteiger partial charge >= 0.3 is 0 Å². The van der Waals surface area contributed by atoms with Gasteiger partial charge in [0, 0.05) is 18.0 Å². The van der Waals surface area contributed by atoms with Crippen molar-refractivity contribution in [1.82, 2.24) is 4.90 Å². The smallest absolute Gasteiger partial charge is 0.123 e. The second-order valence-corrected chi connectivity index (χ2v) is 4.79. The minimum Gasteiger partial charge on any atom is -0.494 e. The van der Waals surface area contributed by atoms with E-state index >= 15 is 0 Å². The van der Waals surface area contributed by atoms with Crippen molar-refractivity contribution in [2.45, 2.75) is 26.3 Å². The van der Waals surface area contributed by atoms with Crippen molar-refractivity contribution in [3.8, 4) is 5.75 Å². The lowest BCUT2D eigenvalue weighted by Gasteiger charge is -2.30. The Labute approximate surface area is 109 Å². The van der Waals surface area contributed by atoms with E-state index in [0.717, 1.165) is 44.5 Å². The van der Waals surface area contributed by atoms with Gasteiger partial charge in [0.15, 0.2) is 0 Å². The van der Waals surface area contributed by atoms with Gasteiger partial charge in [-0.1, -0.05) is 18.2 Å². The Morgan fingerprint density at radius 1 is 1.33 bits per heavy atom. The number of rotatable bonds is 5. The van der Waals surface area contributed by atoms with Crippen LogP contribution in [-0.2, 0) is 11.3 Å². The average molecular weight is 247 g/mol. The van der Waals surface area contributed by atoms with E-state index in [4.69, 9.17) is 4.74 Å². The topological polar surface area (TPSA) is 29.5 Å². The molecule has 0 aromatic heterocycles. The molecule has 2 rings (SSSR count). The SMILES string of the molecule is CCOc1ccccc1CN1CCC(C=O)CC1. The first kappa shape index (κ1) is 13.1. The van der Waals surface area contributed by atoms with Crippen molar-refractivity contribution < 1.29 is 9.53 Å². The van der Waals surface area contributed by atoms with Crippen LogP contribution in [0.4, 0.5) is 0 Å². The Bertz CT molecular complexity index is 384. The molecule has 1 aromatic carbocycles. The van der Waals surface area contributed by atoms with Gasteiger partial charge in [0.25, 0.3) is 0 Å². The minimum atomic E-state index is 0.267. The molecule has 0 amide bonds. The molecule has 0 bridgehead atoms. The molecule has 18 heavy (non-hydrogen) atoms. The lowest BCUT2D eigenvalue weighted by atomic mass is 9.98. The first-order valence-electron chi connectivity index (χ1n) is 6.72. The molecule has 0 aliphatic carbocycles. The molecule has 0 atom stereocenters. The van der Waals surface area contributed by atoms with E-state index in [0.29, 0.717) is 6.61 Å². The molecule has 1 aromatic rings. The number of ether oxygens (including phenoxy) is 1. The van der Waals surface area contributed by atoms with E-state index in [1.54, 1.807) is 0 Å². The quantitative estimate of drug-likeness (QED) is 0.749. The van der Waals surface area contributed by atoms with Crippen LogP contribution < -0.4 is 4.74 Å². The van der Waals surface area contributed by atoms with Crippen LogP contribution in [0.15, 0.2) is 24.3 Å². The van der Waals surface area contributed by atoms with Crippen LogP contribution in [0.25, 0.3) is 0 Å². The third-order valence-electron chi connectivity index (χ3n) is 3.49. The average Bonchev–Trinajstić information content (AvgIpc) is 2.42. The number of para-hydroxylation sites is 1. The third kappa shape index (κ3) is 3.33. The molecule has 98 valence electrons. The first-order chi connectivity index (χ1) is 8.83. The number of carbonyl (C=O) groups excluding carboxylic acids is 1. The normalized spacial score (nSPS) is 17.6. The zero-order chi connectivity index (χ0) is 12.8. The Morgan fingerprint density at radius 3 is 2.72 bits per heavy atom. The van der Waals surface area contributed by atoms with Crippen LogP contribution in [0.1, 0.15) is 25.3 Å². The molecular weight excluding hydrogens is 226 g/mol. The summed E-state index contributed by atoms with van der Waals surface area (Å²) >= 11 is 0. The molecule has 0 saturated carbocycles. The molecule has 1 saturated heterocycles. The zero-order valence-electron chi connectivity index (χ0n) is 11.0. The van der Waals surface area contributed by atoms with Gasteiger partial charge in [-0.25, -0.2) is 0 Å². The highest BCUT2D eigenvalue weighted by atomic mass is 16.5. The van der Waals surface area contributed by atoms with Crippen LogP contribution in [0, 0.1) is 5.92 Å². The molecule has 0 unspecified atom stereocenters. The highest BCUT2D eigenvalue weighted by Crippen LogP contribution is 2.22. The number of likely N-dealkylation sites (tertiary alicyclic amines) is 1. The van der Waals surface area contributed by atoms with Crippen molar-refractivity contribution in [2.24, 2.45) is 5.92 Å². The van der Waals surface area contributed by atoms with E-state index in [2.05, 4.69) is 17.0 Å². The van der Waals surface area contributed by atoms with Crippen molar-refractivity contribution in [1.29, 1.82) is 0 Å². The standard InChI is InChI=1S/C15H21NO2/c1-2-18-15-6-4-3-5-14(15)11-16-9-7-13(12-17)8-10-16/h3-6,12-13H,2,7-11H2,1H3. The molecule has 3 nitrogen and oxygen atoms in total. The summed E-state index contributed by atoms with van der Waals surface area (Å²) in [6.45, 7) is 5.63. The van der Waals surface area contributed by atoms with Crippen molar-refractivity contribution >= 4 is 6.29 Å². The van der Waals surface area contributed by atoms with Crippen molar-refractivity contribution in [3.63, 3.8) is 0 Å². The Morgan fingerprint density at radius 2 is 2.06 bits per heavy atom. The van der Waals surface area contributed by atoms with Gasteiger partial charge in [0.2, 0.25) is 0 Å². The lowest BCUT2D eigenvalue weighted by Crippen LogP contribution is -2.33. The van der Waals surface area contributed by atoms with Crippen LogP contribution in [0.3, 0.4) is 0 Å². The summed E-state index contributed by atoms with van der Waals surface area (Å²) in [5.41, 5.74) is 1.24. The fourth-order valence-electron chi connectivity index (χ4n) is 2.42. The Hall–Kier alpha value is -1.35. The summed E-state index contributed by atoms with van der Waals surface area (Å²) in [4.78, 5) is 13.1. The highest BCUT2D eigenvalue weighted by molar-refractivity contribution is 5.53. The second kappa shape index (κ2) is 6.55. The molecule has 1 fully saturated rings. The first-order valence-corrected chi connectivity index (χ1v) is 6.72. The third-order valence-corrected chi connectivity index (χ3v) is 3.49. The fraction of sp³-hybridized carbons (Fsp3) is 0.533. The number of aldehydes is 1. The monoisotopic (exact) mass is 247 g/mol. The summed E-state index contributed by atoms with van der Waals surface area (Å²) in [6, 6.07) is 8.21. The Kier molecular flexibility index (Phi) is 4.76. The summed E-state index contributed by atoms with van der Waals surface area (Å²) in [6.07, 6.45) is 3.08. The molecule has 0 spiro atoms. The largest absolute Gasteiger partial charge is 0.494 e. The Balaban J connectivity index is 1.95. The molecular formula is C15H21NO2. The summed E-state index contributed by atoms with van der Waals surface area (Å²) in [7, 11) is 0. The number of carbonyl (C=O) groups is 1. The van der Waals surface area contributed by atoms with Crippen molar-refractivity contribution in [3.05, 3.63) is 29.8 Å². The molecule has 1 aliphatic heterocycles. The van der Waals surface area contributed by atoms with Gasteiger partial charge in [-0.15, -0.1) is 0 Å². The number of hydrogen-bond acceptors (Lipinski definition) is 3. The van der Waals surface area contributed by atoms with E-state index in [9.17, 15) is 4.79 Å². The van der Waals surface area contributed by atoms with E-state index in [-0.39, 0.29) is 5.92 Å². The van der Waals surface area contributed by atoms with Crippen LogP contribution in [0.2, 0.25) is 0 Å². The number of hydrogen-bond donors (Lipinski definition) is 0. The predicted octanol–water partition coefficient (Wildman–Crippen LogP) is 2.50. The van der Waals surface area contributed by atoms with E-state index in [1.165, 1.54) is 5.56 Å². The van der Waals surface area contributed by atoms with E-state index < -0.39 is 0 Å². The van der Waals surface area contributed by atoms with Gasteiger partial charge in [-0.2, -0.15) is 0 Å². The maximum atomic E-state index is 10.7. The number of benzene rings is 1. The highest BCUT2D eigenvalue weighted by Gasteiger charge is 2.19. The minimum absolute atomic E-state index is 0.267. The predicted molar refractivity (Wildman–Crippen MR) is 71.7 cm³/mol. The number of nitrogens with zero attached hydrogens (tertiary/aromatic N) is 1. The maximum absolute atomic E-state index is 10.7. The van der Waals surface area contributed by atoms with Gasteiger partial charge in [-0.05, 0) is 38.9 Å². The van der Waals surface area contributed by atoms with Gasteiger partial charge < -0.3 is 9.53 Å². The van der Waals surface area contributed by atoms with Gasteiger partial charge in [0.1, 0.15) is 12.0 Å². The lowest BCUT2D eigenvalue weighted by molar-refractivity contribution is -0.112. The molecule has 1 aliphatic rings. The van der Waals surface area contributed by atoms with Crippen molar-refractivity contribution in [2.75, 3.05) is 19.7 Å². The summed E-state index contributed by atoms with van der Waals surface area (Å²) < 4.78 is 5.64. The summed E-state index contributed by atoms with van der Waals surface area (Å²) in [5.74, 6) is 1.25. The van der Waals surface area contributed by atoms with Crippen LogP contribution in [-0.4, -0.2) is 30.9 Å². The van der Waals surface area contributed by atoms with E-state index in [1.807, 2.05) is 19.1 Å². The summed E-state index contributed by atoms with van der Waals surface area (Å²) in [5, 5.41) is 0. The molecule has 1 heterocycles. The molecule has 0 radical (unpaired) electrons.